The number of alkyl halides is 6. The minimum absolute atomic E-state index is 0.0561. The highest BCUT2D eigenvalue weighted by atomic mass is 19.4. The first-order valence-corrected chi connectivity index (χ1v) is 7.50. The van der Waals surface area contributed by atoms with Crippen molar-refractivity contribution in [3.8, 4) is 0 Å². The van der Waals surface area contributed by atoms with Crippen LogP contribution in [0.5, 0.6) is 0 Å². The Balaban J connectivity index is 0.000000463. The molecule has 1 aliphatic carbocycles. The van der Waals surface area contributed by atoms with Crippen molar-refractivity contribution in [2.75, 3.05) is 0 Å². The lowest BCUT2D eigenvalue weighted by Crippen LogP contribution is -2.39. The van der Waals surface area contributed by atoms with E-state index < -0.39 is 23.9 Å². The number of hydrogen-bond donors (Lipinski definition) is 0. The molecule has 10 heteroatoms. The Labute approximate surface area is 140 Å². The van der Waals surface area contributed by atoms with Crippen LogP contribution < -0.4 is 0 Å². The lowest BCUT2D eigenvalue weighted by atomic mass is 9.95. The molecule has 25 heavy (non-hydrogen) atoms. The summed E-state index contributed by atoms with van der Waals surface area (Å²) in [5, 5.41) is 0. The fourth-order valence-electron chi connectivity index (χ4n) is 1.77. The Morgan fingerprint density at radius 3 is 1.40 bits per heavy atom. The van der Waals surface area contributed by atoms with Crippen molar-refractivity contribution < 1.29 is 45.5 Å². The molecule has 1 saturated carbocycles. The first kappa shape index (κ1) is 23.4. The van der Waals surface area contributed by atoms with E-state index in [2.05, 4.69) is 0 Å². The van der Waals surface area contributed by atoms with Crippen LogP contribution in [0.15, 0.2) is 0 Å². The average Bonchev–Trinajstić information content (AvgIpc) is 2.44. The van der Waals surface area contributed by atoms with E-state index in [4.69, 9.17) is 4.74 Å². The molecule has 4 nitrogen and oxygen atoms in total. The second-order valence-corrected chi connectivity index (χ2v) is 6.57. The molecule has 1 fully saturated rings. The minimum Gasteiger partial charge on any atom is -0.462 e. The summed E-state index contributed by atoms with van der Waals surface area (Å²) in [6, 6.07) is 0. The van der Waals surface area contributed by atoms with Gasteiger partial charge >= 0.3 is 29.9 Å². The molecule has 0 heterocycles. The Kier molecular flexibility index (Phi) is 8.10. The van der Waals surface area contributed by atoms with Gasteiger partial charge in [0.25, 0.3) is 0 Å². The van der Waals surface area contributed by atoms with E-state index in [1.165, 1.54) is 19.3 Å². The number of ketones is 2. The van der Waals surface area contributed by atoms with Gasteiger partial charge in [0.1, 0.15) is 6.10 Å². The van der Waals surface area contributed by atoms with Gasteiger partial charge in [0.2, 0.25) is 0 Å². The molecule has 0 atom stereocenters. The SMILES string of the molecule is CC(C)(C)C(=O)OC1CCCCC1.O=C(C(=O)C(F)(F)F)C(F)(F)F. The molecular weight excluding hydrogens is 358 g/mol. The highest BCUT2D eigenvalue weighted by Gasteiger charge is 2.54. The molecule has 146 valence electrons. The number of carbonyl (C=O) groups excluding carboxylic acids is 3. The minimum atomic E-state index is -5.77. The van der Waals surface area contributed by atoms with Crippen LogP contribution in [-0.2, 0) is 19.1 Å². The van der Waals surface area contributed by atoms with Crippen LogP contribution >= 0.6 is 0 Å². The van der Waals surface area contributed by atoms with Gasteiger partial charge in [0.15, 0.2) is 0 Å². The van der Waals surface area contributed by atoms with Crippen LogP contribution in [0.2, 0.25) is 0 Å². The van der Waals surface area contributed by atoms with Crippen LogP contribution in [0.25, 0.3) is 0 Å². The number of halogens is 6. The maximum Gasteiger partial charge on any atom is 0.458 e. The first-order chi connectivity index (χ1) is 11.1. The third-order valence-electron chi connectivity index (χ3n) is 3.16. The normalized spacial score (nSPS) is 16.5. The van der Waals surface area contributed by atoms with E-state index in [0.29, 0.717) is 0 Å². The predicted octanol–water partition coefficient (Wildman–Crippen LogP) is 4.16. The van der Waals surface area contributed by atoms with E-state index in [-0.39, 0.29) is 17.5 Å². The number of Topliss-reactive ketones (excluding diaryl/α,β-unsaturated/α-hetero) is 2. The number of carbonyl (C=O) groups is 3. The van der Waals surface area contributed by atoms with Gasteiger partial charge in [-0.25, -0.2) is 0 Å². The second-order valence-electron chi connectivity index (χ2n) is 6.57. The zero-order chi connectivity index (χ0) is 20.1. The van der Waals surface area contributed by atoms with Crippen LogP contribution in [-0.4, -0.2) is 36.0 Å². The largest absolute Gasteiger partial charge is 0.462 e. The summed E-state index contributed by atoms with van der Waals surface area (Å²) in [6.45, 7) is 5.70. The fraction of sp³-hybridized carbons (Fsp3) is 0.800. The van der Waals surface area contributed by atoms with Crippen molar-refractivity contribution in [2.45, 2.75) is 71.3 Å². The number of rotatable bonds is 2. The Morgan fingerprint density at radius 1 is 0.760 bits per heavy atom. The summed E-state index contributed by atoms with van der Waals surface area (Å²) >= 11 is 0. The maximum atomic E-state index is 11.5. The van der Waals surface area contributed by atoms with Gasteiger partial charge in [-0.15, -0.1) is 0 Å². The summed E-state index contributed by atoms with van der Waals surface area (Å²) in [6.07, 6.45) is -5.52. The first-order valence-electron chi connectivity index (χ1n) is 7.50. The molecule has 0 N–H and O–H groups in total. The molecule has 0 bridgehead atoms. The number of hydrogen-bond acceptors (Lipinski definition) is 4. The zero-order valence-electron chi connectivity index (χ0n) is 14.0. The molecule has 0 amide bonds. The Morgan fingerprint density at radius 2 is 1.12 bits per heavy atom. The molecule has 0 aliphatic heterocycles. The highest BCUT2D eigenvalue weighted by Crippen LogP contribution is 2.25. The third-order valence-corrected chi connectivity index (χ3v) is 3.16. The van der Waals surface area contributed by atoms with E-state index in [0.717, 1.165) is 12.8 Å². The van der Waals surface area contributed by atoms with Gasteiger partial charge < -0.3 is 4.74 Å². The topological polar surface area (TPSA) is 60.4 Å². The quantitative estimate of drug-likeness (QED) is 0.411. The Hall–Kier alpha value is -1.61. The molecular formula is C15H20F6O4. The highest BCUT2D eigenvalue weighted by molar-refractivity contribution is 6.41. The maximum absolute atomic E-state index is 11.5. The molecule has 0 aromatic carbocycles. The zero-order valence-corrected chi connectivity index (χ0v) is 14.0. The average molecular weight is 378 g/mol. The third kappa shape index (κ3) is 8.87. The standard InChI is InChI=1S/C11H20O2.C4F6O2/c1-11(2,3)10(12)13-9-7-5-4-6-8-9;5-3(6,7)1(11)2(12)4(8,9)10/h9H,4-8H2,1-3H3;. The smallest absolute Gasteiger partial charge is 0.458 e. The summed E-state index contributed by atoms with van der Waals surface area (Å²) < 4.78 is 72.4. The molecule has 0 saturated heterocycles. The van der Waals surface area contributed by atoms with E-state index >= 15 is 0 Å². The van der Waals surface area contributed by atoms with E-state index in [1.54, 1.807) is 0 Å². The van der Waals surface area contributed by atoms with Crippen LogP contribution in [0.1, 0.15) is 52.9 Å². The monoisotopic (exact) mass is 378 g/mol. The van der Waals surface area contributed by atoms with Crippen molar-refractivity contribution in [3.05, 3.63) is 0 Å². The molecule has 0 aromatic heterocycles. The number of esters is 1. The van der Waals surface area contributed by atoms with E-state index in [9.17, 15) is 40.7 Å². The molecule has 0 unspecified atom stereocenters. The summed E-state index contributed by atoms with van der Waals surface area (Å²) in [5.41, 5.74) is -0.350. The van der Waals surface area contributed by atoms with Crippen molar-refractivity contribution in [3.63, 3.8) is 0 Å². The number of ether oxygens (including phenoxy) is 1. The van der Waals surface area contributed by atoms with Gasteiger partial charge in [-0.05, 0) is 46.5 Å². The molecule has 0 radical (unpaired) electrons. The van der Waals surface area contributed by atoms with Gasteiger partial charge in [0.05, 0.1) is 5.41 Å². The van der Waals surface area contributed by atoms with Crippen LogP contribution in [0, 0.1) is 5.41 Å². The van der Waals surface area contributed by atoms with Gasteiger partial charge in [-0.1, -0.05) is 6.42 Å². The van der Waals surface area contributed by atoms with Gasteiger partial charge in [-0.3, -0.25) is 14.4 Å². The van der Waals surface area contributed by atoms with Gasteiger partial charge in [0, 0.05) is 0 Å². The molecule has 0 aromatic rings. The lowest BCUT2D eigenvalue weighted by molar-refractivity contribution is -0.193. The van der Waals surface area contributed by atoms with Crippen LogP contribution in [0.3, 0.4) is 0 Å². The molecule has 1 aliphatic rings. The summed E-state index contributed by atoms with van der Waals surface area (Å²) in [7, 11) is 0. The van der Waals surface area contributed by atoms with Crippen molar-refractivity contribution in [1.29, 1.82) is 0 Å². The van der Waals surface area contributed by atoms with Crippen LogP contribution in [0.4, 0.5) is 26.3 Å². The predicted molar refractivity (Wildman–Crippen MR) is 74.5 cm³/mol. The van der Waals surface area contributed by atoms with Crippen molar-refractivity contribution in [1.82, 2.24) is 0 Å². The summed E-state index contributed by atoms with van der Waals surface area (Å²) in [5.74, 6) is -6.87. The molecule has 0 spiro atoms. The lowest BCUT2D eigenvalue weighted by Gasteiger charge is -2.25. The fourth-order valence-corrected chi connectivity index (χ4v) is 1.77. The molecule has 1 rings (SSSR count). The van der Waals surface area contributed by atoms with E-state index in [1.807, 2.05) is 20.8 Å². The van der Waals surface area contributed by atoms with Crippen molar-refractivity contribution >= 4 is 17.5 Å². The van der Waals surface area contributed by atoms with Crippen molar-refractivity contribution in [2.24, 2.45) is 5.41 Å². The summed E-state index contributed by atoms with van der Waals surface area (Å²) in [4.78, 5) is 30.7. The second kappa shape index (κ2) is 8.66. The Bertz CT molecular complexity index is 458. The van der Waals surface area contributed by atoms with Gasteiger partial charge in [-0.2, -0.15) is 26.3 Å².